The number of hydrogen-bond acceptors (Lipinski definition) is 7. The minimum atomic E-state index is -0.322. The van der Waals surface area contributed by atoms with Gasteiger partial charge in [-0.2, -0.15) is 0 Å². The highest BCUT2D eigenvalue weighted by Crippen LogP contribution is 2.69. The molecule has 4 saturated carbocycles. The Morgan fingerprint density at radius 2 is 1.57 bits per heavy atom. The van der Waals surface area contributed by atoms with Crippen LogP contribution in [0.4, 0.5) is 0 Å². The average Bonchev–Trinajstić information content (AvgIpc) is 3.30. The quantitative estimate of drug-likeness (QED) is 0.250. The summed E-state index contributed by atoms with van der Waals surface area (Å²) < 4.78 is 18.4. The number of rotatable bonds is 10. The third kappa shape index (κ3) is 5.70. The first-order valence-corrected chi connectivity index (χ1v) is 16.3. The molecule has 11 atom stereocenters. The number of esters is 3. The first-order valence-electron chi connectivity index (χ1n) is 16.3. The van der Waals surface area contributed by atoms with E-state index < -0.39 is 0 Å². The number of ether oxygens (including phenoxy) is 3. The Balaban J connectivity index is 1.72. The fourth-order valence-corrected chi connectivity index (χ4v) is 9.92. The summed E-state index contributed by atoms with van der Waals surface area (Å²) in [6, 6.07) is 0. The molecule has 7 nitrogen and oxygen atoms in total. The zero-order valence-electron chi connectivity index (χ0n) is 25.9. The molecule has 4 rings (SSSR count). The molecule has 0 heterocycles. The van der Waals surface area contributed by atoms with E-state index in [4.69, 9.17) is 19.9 Å². The molecule has 0 radical (unpaired) electrons. The molecule has 228 valence electrons. The molecule has 0 spiro atoms. The van der Waals surface area contributed by atoms with Crippen LogP contribution in [0.15, 0.2) is 0 Å². The second-order valence-corrected chi connectivity index (χ2v) is 13.9. The summed E-state index contributed by atoms with van der Waals surface area (Å²) in [4.78, 5) is 37.7. The van der Waals surface area contributed by atoms with Crippen molar-refractivity contribution >= 4 is 17.9 Å². The monoisotopic (exact) mass is 561 g/mol. The molecule has 7 heteroatoms. The van der Waals surface area contributed by atoms with Gasteiger partial charge in [0.05, 0.1) is 6.54 Å². The van der Waals surface area contributed by atoms with E-state index in [1.165, 1.54) is 19.3 Å². The van der Waals surface area contributed by atoms with Gasteiger partial charge in [-0.3, -0.25) is 14.4 Å². The molecule has 0 aromatic carbocycles. The standard InChI is InChI=1S/C33H55NO6/c1-7-10-11-20(4)23-12-13-24-31-25(18-27(33(23,24)6)40-30(37)19-34)32(5)15-14-22(38-28(35)8-2)16-21(32)17-26(31)39-29(36)9-3/h20-27,31H,7-19,34H2,1-6H3/t20-,21+,22-,23-,24+,25+,26-,27+,31+,32+,33-/m1/s1. The van der Waals surface area contributed by atoms with E-state index in [9.17, 15) is 14.4 Å². The van der Waals surface area contributed by atoms with Crippen LogP contribution in [0.25, 0.3) is 0 Å². The lowest BCUT2D eigenvalue weighted by Crippen LogP contribution is -2.63. The van der Waals surface area contributed by atoms with Crippen molar-refractivity contribution in [2.24, 2.45) is 52.1 Å². The zero-order valence-corrected chi connectivity index (χ0v) is 25.9. The van der Waals surface area contributed by atoms with Crippen molar-refractivity contribution < 1.29 is 28.6 Å². The molecule has 0 saturated heterocycles. The fraction of sp³-hybridized carbons (Fsp3) is 0.909. The van der Waals surface area contributed by atoms with Crippen LogP contribution in [0.1, 0.15) is 119 Å². The highest BCUT2D eigenvalue weighted by Gasteiger charge is 2.67. The molecular weight excluding hydrogens is 506 g/mol. The maximum absolute atomic E-state index is 12.8. The molecule has 0 aromatic rings. The predicted octanol–water partition coefficient (Wildman–Crippen LogP) is 6.21. The van der Waals surface area contributed by atoms with Crippen molar-refractivity contribution in [2.45, 2.75) is 137 Å². The molecule has 2 N–H and O–H groups in total. The summed E-state index contributed by atoms with van der Waals surface area (Å²) in [5.41, 5.74) is 5.61. The number of hydrogen-bond donors (Lipinski definition) is 1. The van der Waals surface area contributed by atoms with Crippen LogP contribution in [0.5, 0.6) is 0 Å². The van der Waals surface area contributed by atoms with Crippen LogP contribution in [0.3, 0.4) is 0 Å². The summed E-state index contributed by atoms with van der Waals surface area (Å²) in [6.45, 7) is 13.0. The SMILES string of the molecule is CCCC[C@@H](C)[C@H]1CC[C@H]2[C@@H]3[C@H](OC(=O)CC)C[C@@H]4C[C@H](OC(=O)CC)CC[C@]4(C)[C@H]3C[C@H](OC(=O)CN)[C@]12C. The van der Waals surface area contributed by atoms with Gasteiger partial charge in [-0.15, -0.1) is 0 Å². The largest absolute Gasteiger partial charge is 0.462 e. The predicted molar refractivity (Wildman–Crippen MR) is 154 cm³/mol. The molecular formula is C33H55NO6. The van der Waals surface area contributed by atoms with E-state index in [-0.39, 0.29) is 71.3 Å². The van der Waals surface area contributed by atoms with Crippen molar-refractivity contribution in [1.82, 2.24) is 0 Å². The van der Waals surface area contributed by atoms with Crippen molar-refractivity contribution in [1.29, 1.82) is 0 Å². The number of unbranched alkanes of at least 4 members (excludes halogenated alkanes) is 1. The molecule has 4 aliphatic carbocycles. The van der Waals surface area contributed by atoms with Crippen LogP contribution >= 0.6 is 0 Å². The molecule has 0 unspecified atom stereocenters. The second-order valence-electron chi connectivity index (χ2n) is 13.9. The Labute approximate surface area is 242 Å². The Hall–Kier alpha value is -1.63. The molecule has 0 amide bonds. The van der Waals surface area contributed by atoms with E-state index in [1.54, 1.807) is 0 Å². The summed E-state index contributed by atoms with van der Waals surface area (Å²) in [6.07, 6.45) is 10.3. The molecule has 0 aromatic heterocycles. The number of fused-ring (bicyclic) bond motifs is 5. The van der Waals surface area contributed by atoms with Crippen molar-refractivity contribution in [2.75, 3.05) is 6.54 Å². The summed E-state index contributed by atoms with van der Waals surface area (Å²) in [5, 5.41) is 0. The maximum atomic E-state index is 12.8. The van der Waals surface area contributed by atoms with Gasteiger partial charge >= 0.3 is 17.9 Å². The first-order chi connectivity index (χ1) is 19.0. The normalized spacial score (nSPS) is 41.2. The molecule has 4 aliphatic rings. The Morgan fingerprint density at radius 3 is 2.23 bits per heavy atom. The van der Waals surface area contributed by atoms with Gasteiger partial charge < -0.3 is 19.9 Å². The third-order valence-electron chi connectivity index (χ3n) is 12.1. The molecule has 0 bridgehead atoms. The first kappa shape index (κ1) is 31.3. The number of carbonyl (C=O) groups is 3. The van der Waals surface area contributed by atoms with Crippen LogP contribution in [0.2, 0.25) is 0 Å². The van der Waals surface area contributed by atoms with Crippen LogP contribution in [-0.2, 0) is 28.6 Å². The zero-order chi connectivity index (χ0) is 29.2. The Kier molecular flexibility index (Phi) is 9.95. The number of nitrogens with two attached hydrogens (primary N) is 1. The van der Waals surface area contributed by atoms with Gasteiger partial charge in [-0.05, 0) is 80.0 Å². The van der Waals surface area contributed by atoms with E-state index in [1.807, 2.05) is 13.8 Å². The maximum Gasteiger partial charge on any atom is 0.319 e. The van der Waals surface area contributed by atoms with Crippen LogP contribution < -0.4 is 5.73 Å². The highest BCUT2D eigenvalue weighted by atomic mass is 16.6. The molecule has 0 aliphatic heterocycles. The van der Waals surface area contributed by atoms with Gasteiger partial charge in [-0.25, -0.2) is 0 Å². The van der Waals surface area contributed by atoms with Gasteiger partial charge in [0.25, 0.3) is 0 Å². The topological polar surface area (TPSA) is 105 Å². The van der Waals surface area contributed by atoms with Gasteiger partial charge in [0.1, 0.15) is 18.3 Å². The lowest BCUT2D eigenvalue weighted by molar-refractivity contribution is -0.225. The van der Waals surface area contributed by atoms with E-state index in [0.717, 1.165) is 44.9 Å². The summed E-state index contributed by atoms with van der Waals surface area (Å²) in [7, 11) is 0. The van der Waals surface area contributed by atoms with Crippen LogP contribution in [0, 0.1) is 46.3 Å². The van der Waals surface area contributed by atoms with E-state index in [2.05, 4.69) is 27.7 Å². The highest BCUT2D eigenvalue weighted by molar-refractivity contribution is 5.71. The van der Waals surface area contributed by atoms with Gasteiger partial charge in [0.2, 0.25) is 0 Å². The summed E-state index contributed by atoms with van der Waals surface area (Å²) in [5.74, 6) is 1.50. The Morgan fingerprint density at radius 1 is 0.875 bits per heavy atom. The van der Waals surface area contributed by atoms with Crippen molar-refractivity contribution in [3.05, 3.63) is 0 Å². The lowest BCUT2D eigenvalue weighted by atomic mass is 9.43. The van der Waals surface area contributed by atoms with Gasteiger partial charge in [-0.1, -0.05) is 60.8 Å². The molecule has 40 heavy (non-hydrogen) atoms. The fourth-order valence-electron chi connectivity index (χ4n) is 9.92. The smallest absolute Gasteiger partial charge is 0.319 e. The van der Waals surface area contributed by atoms with E-state index in [0.29, 0.717) is 30.6 Å². The van der Waals surface area contributed by atoms with Gasteiger partial charge in [0, 0.05) is 24.2 Å². The minimum Gasteiger partial charge on any atom is -0.462 e. The molecule has 4 fully saturated rings. The van der Waals surface area contributed by atoms with E-state index >= 15 is 0 Å². The van der Waals surface area contributed by atoms with Crippen molar-refractivity contribution in [3.8, 4) is 0 Å². The Bertz CT molecular complexity index is 923. The number of carbonyl (C=O) groups excluding carboxylic acids is 3. The lowest BCUT2D eigenvalue weighted by Gasteiger charge is -2.64. The summed E-state index contributed by atoms with van der Waals surface area (Å²) >= 11 is 0. The second kappa shape index (κ2) is 12.7. The minimum absolute atomic E-state index is 0.00945. The van der Waals surface area contributed by atoms with Crippen LogP contribution in [-0.4, -0.2) is 42.8 Å². The average molecular weight is 562 g/mol. The third-order valence-corrected chi connectivity index (χ3v) is 12.1. The van der Waals surface area contributed by atoms with Gasteiger partial charge in [0.15, 0.2) is 0 Å². The van der Waals surface area contributed by atoms with Crippen molar-refractivity contribution in [3.63, 3.8) is 0 Å².